The molecule has 1 aromatic carbocycles. The summed E-state index contributed by atoms with van der Waals surface area (Å²) in [7, 11) is 0. The average Bonchev–Trinajstić information content (AvgIpc) is 3.15. The molecular formula is C21H21N7O2. The van der Waals surface area contributed by atoms with Crippen LogP contribution in [0.1, 0.15) is 6.92 Å². The second kappa shape index (κ2) is 7.68. The maximum atomic E-state index is 13.2. The zero-order chi connectivity index (χ0) is 20.5. The molecule has 9 nitrogen and oxygen atoms in total. The van der Waals surface area contributed by atoms with Gasteiger partial charge >= 0.3 is 5.69 Å². The van der Waals surface area contributed by atoms with Gasteiger partial charge in [0.05, 0.1) is 18.7 Å². The fourth-order valence-electron chi connectivity index (χ4n) is 3.64. The van der Waals surface area contributed by atoms with Crippen molar-refractivity contribution in [3.63, 3.8) is 0 Å². The van der Waals surface area contributed by atoms with E-state index < -0.39 is 0 Å². The lowest BCUT2D eigenvalue weighted by Gasteiger charge is -2.28. The van der Waals surface area contributed by atoms with E-state index in [1.807, 2.05) is 49.4 Å². The molecule has 0 saturated carbocycles. The van der Waals surface area contributed by atoms with Crippen LogP contribution in [0.5, 0.6) is 0 Å². The summed E-state index contributed by atoms with van der Waals surface area (Å²) in [5, 5.41) is 4.59. The van der Waals surface area contributed by atoms with E-state index in [4.69, 9.17) is 9.72 Å². The Bertz CT molecular complexity index is 1240. The molecule has 152 valence electrons. The summed E-state index contributed by atoms with van der Waals surface area (Å²) >= 11 is 0. The summed E-state index contributed by atoms with van der Waals surface area (Å²) < 4.78 is 8.38. The highest BCUT2D eigenvalue weighted by atomic mass is 16.5. The Morgan fingerprint density at radius 1 is 1.03 bits per heavy atom. The number of anilines is 1. The van der Waals surface area contributed by atoms with Crippen LogP contribution >= 0.6 is 0 Å². The van der Waals surface area contributed by atoms with Crippen molar-refractivity contribution < 1.29 is 4.74 Å². The SMILES string of the molecule is CCn1c(-c2ccccc2)nn(-c2nc(N3CCOCC3)c3ncccc3n2)c1=O. The third-order valence-electron chi connectivity index (χ3n) is 5.14. The highest BCUT2D eigenvalue weighted by Crippen LogP contribution is 2.24. The number of aromatic nitrogens is 6. The molecule has 0 radical (unpaired) electrons. The van der Waals surface area contributed by atoms with Crippen LogP contribution in [0.2, 0.25) is 0 Å². The van der Waals surface area contributed by atoms with Crippen LogP contribution in [0.15, 0.2) is 53.5 Å². The number of hydrogen-bond acceptors (Lipinski definition) is 7. The van der Waals surface area contributed by atoms with Crippen molar-refractivity contribution in [2.45, 2.75) is 13.5 Å². The highest BCUT2D eigenvalue weighted by Gasteiger charge is 2.22. The fraction of sp³-hybridized carbons (Fsp3) is 0.286. The van der Waals surface area contributed by atoms with Crippen molar-refractivity contribution in [3.05, 3.63) is 59.1 Å². The quantitative estimate of drug-likeness (QED) is 0.514. The third kappa shape index (κ3) is 3.13. The molecule has 0 unspecified atom stereocenters. The minimum atomic E-state index is -0.271. The Labute approximate surface area is 172 Å². The average molecular weight is 403 g/mol. The van der Waals surface area contributed by atoms with Gasteiger partial charge in [-0.15, -0.1) is 9.78 Å². The number of hydrogen-bond donors (Lipinski definition) is 0. The summed E-state index contributed by atoms with van der Waals surface area (Å²) in [6.07, 6.45) is 1.72. The summed E-state index contributed by atoms with van der Waals surface area (Å²) in [4.78, 5) is 29.1. The number of nitrogens with zero attached hydrogens (tertiary/aromatic N) is 7. The van der Waals surface area contributed by atoms with E-state index in [-0.39, 0.29) is 11.6 Å². The smallest absolute Gasteiger partial charge is 0.353 e. The number of morpholine rings is 1. The first-order valence-corrected chi connectivity index (χ1v) is 9.97. The lowest BCUT2D eigenvalue weighted by atomic mass is 10.2. The van der Waals surface area contributed by atoms with Crippen LogP contribution in [-0.4, -0.2) is 55.6 Å². The molecule has 4 aromatic rings. The van der Waals surface area contributed by atoms with E-state index >= 15 is 0 Å². The van der Waals surface area contributed by atoms with Crippen LogP contribution < -0.4 is 10.6 Å². The Morgan fingerprint density at radius 3 is 2.60 bits per heavy atom. The van der Waals surface area contributed by atoms with Crippen molar-refractivity contribution in [3.8, 4) is 17.3 Å². The monoisotopic (exact) mass is 403 g/mol. The van der Waals surface area contributed by atoms with E-state index in [0.29, 0.717) is 55.5 Å². The van der Waals surface area contributed by atoms with Crippen LogP contribution in [0.4, 0.5) is 5.82 Å². The molecule has 4 heterocycles. The van der Waals surface area contributed by atoms with E-state index in [1.165, 1.54) is 4.68 Å². The van der Waals surface area contributed by atoms with Gasteiger partial charge < -0.3 is 9.64 Å². The van der Waals surface area contributed by atoms with E-state index in [9.17, 15) is 4.79 Å². The van der Waals surface area contributed by atoms with Gasteiger partial charge in [-0.2, -0.15) is 4.98 Å². The topological polar surface area (TPSA) is 91.0 Å². The van der Waals surface area contributed by atoms with Crippen molar-refractivity contribution in [1.82, 2.24) is 29.3 Å². The molecule has 1 aliphatic rings. The van der Waals surface area contributed by atoms with Gasteiger partial charge in [-0.25, -0.2) is 9.78 Å². The van der Waals surface area contributed by atoms with Crippen molar-refractivity contribution in [2.24, 2.45) is 0 Å². The molecule has 5 rings (SSSR count). The van der Waals surface area contributed by atoms with E-state index in [1.54, 1.807) is 10.8 Å². The molecule has 1 saturated heterocycles. The van der Waals surface area contributed by atoms with Gasteiger partial charge in [0, 0.05) is 31.4 Å². The second-order valence-corrected chi connectivity index (χ2v) is 6.95. The van der Waals surface area contributed by atoms with Gasteiger partial charge in [-0.05, 0) is 19.1 Å². The first-order valence-electron chi connectivity index (χ1n) is 9.97. The van der Waals surface area contributed by atoms with Crippen LogP contribution in [0, 0.1) is 0 Å². The predicted octanol–water partition coefficient (Wildman–Crippen LogP) is 1.90. The Hall–Kier alpha value is -3.59. The Kier molecular flexibility index (Phi) is 4.72. The lowest BCUT2D eigenvalue weighted by Crippen LogP contribution is -2.37. The minimum absolute atomic E-state index is 0.242. The van der Waals surface area contributed by atoms with Crippen LogP contribution in [-0.2, 0) is 11.3 Å². The minimum Gasteiger partial charge on any atom is -0.378 e. The van der Waals surface area contributed by atoms with Gasteiger partial charge in [0.1, 0.15) is 5.52 Å². The first kappa shape index (κ1) is 18.4. The Morgan fingerprint density at radius 2 is 1.83 bits per heavy atom. The van der Waals surface area contributed by atoms with Gasteiger partial charge in [0.25, 0.3) is 5.95 Å². The first-order chi connectivity index (χ1) is 14.8. The van der Waals surface area contributed by atoms with Gasteiger partial charge in [-0.3, -0.25) is 9.55 Å². The van der Waals surface area contributed by atoms with Gasteiger partial charge in [0.15, 0.2) is 11.6 Å². The number of pyridine rings is 1. The normalized spacial score (nSPS) is 14.4. The van der Waals surface area contributed by atoms with Gasteiger partial charge in [-0.1, -0.05) is 30.3 Å². The standard InChI is InChI=1S/C21H21N7O2/c1-2-27-18(15-7-4-3-5-8-15)25-28(21(27)29)20-23-16-9-6-10-22-17(16)19(24-20)26-11-13-30-14-12-26/h3-10H,2,11-14H2,1H3. The molecule has 1 fully saturated rings. The molecule has 1 aliphatic heterocycles. The summed E-state index contributed by atoms with van der Waals surface area (Å²) in [5.41, 5.74) is 1.97. The molecular weight excluding hydrogens is 382 g/mol. The Balaban J connectivity index is 1.70. The summed E-state index contributed by atoms with van der Waals surface area (Å²) in [6.45, 7) is 5.07. The van der Waals surface area contributed by atoms with Crippen LogP contribution in [0.3, 0.4) is 0 Å². The molecule has 30 heavy (non-hydrogen) atoms. The maximum absolute atomic E-state index is 13.2. The second-order valence-electron chi connectivity index (χ2n) is 6.95. The molecule has 9 heteroatoms. The molecule has 0 N–H and O–H groups in total. The third-order valence-corrected chi connectivity index (χ3v) is 5.14. The van der Waals surface area contributed by atoms with Crippen molar-refractivity contribution in [2.75, 3.05) is 31.2 Å². The molecule has 0 spiro atoms. The van der Waals surface area contributed by atoms with Gasteiger partial charge in [0.2, 0.25) is 0 Å². The van der Waals surface area contributed by atoms with E-state index in [2.05, 4.69) is 20.0 Å². The van der Waals surface area contributed by atoms with Crippen molar-refractivity contribution in [1.29, 1.82) is 0 Å². The number of ether oxygens (including phenoxy) is 1. The maximum Gasteiger partial charge on any atom is 0.353 e. The molecule has 3 aromatic heterocycles. The van der Waals surface area contributed by atoms with Crippen LogP contribution in [0.25, 0.3) is 28.4 Å². The fourth-order valence-corrected chi connectivity index (χ4v) is 3.64. The van der Waals surface area contributed by atoms with Crippen molar-refractivity contribution >= 4 is 16.9 Å². The molecule has 0 bridgehead atoms. The number of fused-ring (bicyclic) bond motifs is 1. The number of rotatable bonds is 4. The summed E-state index contributed by atoms with van der Waals surface area (Å²) in [6, 6.07) is 13.3. The summed E-state index contributed by atoms with van der Waals surface area (Å²) in [5.74, 6) is 1.52. The van der Waals surface area contributed by atoms with E-state index in [0.717, 1.165) is 5.56 Å². The molecule has 0 aliphatic carbocycles. The highest BCUT2D eigenvalue weighted by molar-refractivity contribution is 5.86. The molecule has 0 atom stereocenters. The zero-order valence-electron chi connectivity index (χ0n) is 16.6. The lowest BCUT2D eigenvalue weighted by molar-refractivity contribution is 0.122. The largest absolute Gasteiger partial charge is 0.378 e. The zero-order valence-corrected chi connectivity index (χ0v) is 16.6. The predicted molar refractivity (Wildman–Crippen MR) is 113 cm³/mol. The number of benzene rings is 1. The molecule has 0 amide bonds.